The van der Waals surface area contributed by atoms with Crippen molar-refractivity contribution in [3.8, 4) is 5.69 Å². The van der Waals surface area contributed by atoms with Gasteiger partial charge in [-0.3, -0.25) is 0 Å². The molecule has 122 valence electrons. The van der Waals surface area contributed by atoms with E-state index in [-0.39, 0.29) is 5.41 Å². The Morgan fingerprint density at radius 3 is 2.48 bits per heavy atom. The Hall–Kier alpha value is -3.00. The van der Waals surface area contributed by atoms with Gasteiger partial charge in [0.2, 0.25) is 0 Å². The molecule has 5 rings (SSSR count). The zero-order chi connectivity index (χ0) is 17.3. The highest BCUT2D eigenvalue weighted by atomic mass is 15.0. The summed E-state index contributed by atoms with van der Waals surface area (Å²) in [5.74, 6) is 0. The molecule has 0 saturated heterocycles. The molecule has 25 heavy (non-hydrogen) atoms. The van der Waals surface area contributed by atoms with Crippen molar-refractivity contribution < 1.29 is 0 Å². The van der Waals surface area contributed by atoms with Gasteiger partial charge in [0.25, 0.3) is 0 Å². The van der Waals surface area contributed by atoms with Gasteiger partial charge >= 0.3 is 0 Å². The van der Waals surface area contributed by atoms with Crippen LogP contribution in [0.3, 0.4) is 0 Å². The minimum absolute atomic E-state index is 0.0270. The second-order valence-electron chi connectivity index (χ2n) is 7.44. The first-order valence-electron chi connectivity index (χ1n) is 8.62. The van der Waals surface area contributed by atoms with Crippen LogP contribution in [-0.4, -0.2) is 4.57 Å². The van der Waals surface area contributed by atoms with E-state index in [2.05, 4.69) is 85.7 Å². The number of hydrogen-bond donors (Lipinski definition) is 1. The highest BCUT2D eigenvalue weighted by molar-refractivity contribution is 6.12. The van der Waals surface area contributed by atoms with E-state index in [9.17, 15) is 0 Å². The molecule has 0 atom stereocenters. The lowest BCUT2D eigenvalue weighted by atomic mass is 9.75. The molecule has 1 aliphatic heterocycles. The minimum atomic E-state index is -0.0270. The van der Waals surface area contributed by atoms with Gasteiger partial charge in [0.05, 0.1) is 16.7 Å². The molecule has 0 bridgehead atoms. The summed E-state index contributed by atoms with van der Waals surface area (Å²) in [6, 6.07) is 21.8. The van der Waals surface area contributed by atoms with Crippen LogP contribution in [0.2, 0.25) is 0 Å². The van der Waals surface area contributed by atoms with Crippen molar-refractivity contribution in [2.75, 3.05) is 0 Å². The fraction of sp³-hybridized carbons (Fsp3) is 0.130. The minimum Gasteiger partial charge on any atom is -0.399 e. The second-order valence-corrected chi connectivity index (χ2v) is 7.44. The molecule has 1 aromatic heterocycles. The summed E-state index contributed by atoms with van der Waals surface area (Å²) in [5.41, 5.74) is 14.0. The van der Waals surface area contributed by atoms with Crippen molar-refractivity contribution in [2.24, 2.45) is 5.73 Å². The molecular weight excluding hydrogens is 304 g/mol. The third-order valence-electron chi connectivity index (χ3n) is 5.65. The Morgan fingerprint density at radius 1 is 0.920 bits per heavy atom. The number of hydrogen-bond acceptors (Lipinski definition) is 1. The molecule has 0 fully saturated rings. The summed E-state index contributed by atoms with van der Waals surface area (Å²) in [6.07, 6.45) is 0. The molecule has 2 nitrogen and oxygen atoms in total. The Labute approximate surface area is 147 Å². The predicted molar refractivity (Wildman–Crippen MR) is 106 cm³/mol. The summed E-state index contributed by atoms with van der Waals surface area (Å²) in [6.45, 7) is 8.53. The van der Waals surface area contributed by atoms with Crippen LogP contribution in [0.1, 0.15) is 30.5 Å². The highest BCUT2D eigenvalue weighted by Crippen LogP contribution is 2.47. The van der Waals surface area contributed by atoms with Crippen LogP contribution in [-0.2, 0) is 5.41 Å². The third kappa shape index (κ3) is 1.69. The molecule has 0 radical (unpaired) electrons. The summed E-state index contributed by atoms with van der Waals surface area (Å²) < 4.78 is 2.41. The Bertz CT molecular complexity index is 1190. The maximum atomic E-state index is 5.95. The monoisotopic (exact) mass is 324 g/mol. The molecular formula is C23H20N2. The molecule has 3 aromatic carbocycles. The SMILES string of the molecule is C=C(N)c1ccc2c(c1)c1cccc3c1n2-c1ccccc1C3(C)C. The van der Waals surface area contributed by atoms with E-state index in [1.54, 1.807) is 0 Å². The lowest BCUT2D eigenvalue weighted by Gasteiger charge is -2.34. The molecule has 0 saturated carbocycles. The maximum Gasteiger partial charge on any atom is 0.0582 e. The number of para-hydroxylation sites is 2. The Kier molecular flexibility index (Phi) is 2.61. The Morgan fingerprint density at radius 2 is 1.68 bits per heavy atom. The quantitative estimate of drug-likeness (QED) is 0.502. The van der Waals surface area contributed by atoms with E-state index in [4.69, 9.17) is 5.73 Å². The van der Waals surface area contributed by atoms with Gasteiger partial charge in [0.1, 0.15) is 0 Å². The Balaban J connectivity index is 2.06. The molecule has 4 aromatic rings. The van der Waals surface area contributed by atoms with Crippen LogP contribution >= 0.6 is 0 Å². The second kappa shape index (κ2) is 4.54. The lowest BCUT2D eigenvalue weighted by Crippen LogP contribution is -2.26. The van der Waals surface area contributed by atoms with E-state index >= 15 is 0 Å². The van der Waals surface area contributed by atoms with Crippen molar-refractivity contribution in [1.82, 2.24) is 4.57 Å². The van der Waals surface area contributed by atoms with Crippen molar-refractivity contribution in [3.63, 3.8) is 0 Å². The van der Waals surface area contributed by atoms with E-state index in [1.807, 2.05) is 0 Å². The maximum absolute atomic E-state index is 5.95. The van der Waals surface area contributed by atoms with Gasteiger partial charge in [-0.25, -0.2) is 0 Å². The van der Waals surface area contributed by atoms with Gasteiger partial charge < -0.3 is 10.3 Å². The lowest BCUT2D eigenvalue weighted by molar-refractivity contribution is 0.630. The van der Waals surface area contributed by atoms with Crippen LogP contribution in [0.4, 0.5) is 0 Å². The van der Waals surface area contributed by atoms with Gasteiger partial charge in [0.15, 0.2) is 0 Å². The van der Waals surface area contributed by atoms with Crippen LogP contribution in [0.5, 0.6) is 0 Å². The van der Waals surface area contributed by atoms with Gasteiger partial charge in [-0.1, -0.05) is 62.9 Å². The fourth-order valence-corrected chi connectivity index (χ4v) is 4.37. The number of benzene rings is 3. The standard InChI is InChI=1S/C23H20N2/c1-14(24)15-11-12-20-17(13-15)16-7-6-9-19-22(16)25(20)21-10-5-4-8-18(21)23(19,2)3/h4-13H,1,24H2,2-3H3. The number of fused-ring (bicyclic) bond motifs is 5. The topological polar surface area (TPSA) is 30.9 Å². The van der Waals surface area contributed by atoms with Crippen molar-refractivity contribution in [3.05, 3.63) is 83.9 Å². The summed E-state index contributed by atoms with van der Waals surface area (Å²) in [5, 5.41) is 2.51. The number of nitrogens with zero attached hydrogens (tertiary/aromatic N) is 1. The average Bonchev–Trinajstić information content (AvgIpc) is 2.94. The molecule has 0 unspecified atom stereocenters. The van der Waals surface area contributed by atoms with Gasteiger partial charge in [0, 0.05) is 21.9 Å². The molecule has 2 N–H and O–H groups in total. The molecule has 1 aliphatic rings. The van der Waals surface area contributed by atoms with E-state index in [0.29, 0.717) is 5.70 Å². The van der Waals surface area contributed by atoms with Gasteiger partial charge in [-0.05, 0) is 34.9 Å². The van der Waals surface area contributed by atoms with Crippen LogP contribution < -0.4 is 5.73 Å². The fourth-order valence-electron chi connectivity index (χ4n) is 4.37. The summed E-state index contributed by atoms with van der Waals surface area (Å²) >= 11 is 0. The first-order chi connectivity index (χ1) is 12.0. The number of nitrogens with two attached hydrogens (primary N) is 1. The molecule has 0 amide bonds. The van der Waals surface area contributed by atoms with Gasteiger partial charge in [-0.15, -0.1) is 0 Å². The third-order valence-corrected chi connectivity index (χ3v) is 5.65. The first-order valence-corrected chi connectivity index (χ1v) is 8.62. The number of rotatable bonds is 1. The molecule has 2 heteroatoms. The normalized spacial score (nSPS) is 14.6. The van der Waals surface area contributed by atoms with Gasteiger partial charge in [-0.2, -0.15) is 0 Å². The van der Waals surface area contributed by atoms with Crippen LogP contribution in [0.15, 0.2) is 67.2 Å². The zero-order valence-electron chi connectivity index (χ0n) is 14.5. The molecule has 0 spiro atoms. The smallest absolute Gasteiger partial charge is 0.0582 e. The molecule has 2 heterocycles. The van der Waals surface area contributed by atoms with E-state index in [1.165, 1.54) is 38.6 Å². The predicted octanol–water partition coefficient (Wildman–Crippen LogP) is 5.35. The molecule has 0 aliphatic carbocycles. The van der Waals surface area contributed by atoms with Crippen LogP contribution in [0.25, 0.3) is 33.2 Å². The summed E-state index contributed by atoms with van der Waals surface area (Å²) in [7, 11) is 0. The zero-order valence-corrected chi connectivity index (χ0v) is 14.5. The number of aromatic nitrogens is 1. The van der Waals surface area contributed by atoms with E-state index in [0.717, 1.165) is 5.56 Å². The van der Waals surface area contributed by atoms with Crippen molar-refractivity contribution in [1.29, 1.82) is 0 Å². The van der Waals surface area contributed by atoms with Crippen molar-refractivity contribution in [2.45, 2.75) is 19.3 Å². The first kappa shape index (κ1) is 14.4. The van der Waals surface area contributed by atoms with Crippen LogP contribution in [0, 0.1) is 0 Å². The average molecular weight is 324 g/mol. The van der Waals surface area contributed by atoms with Crippen molar-refractivity contribution >= 4 is 27.5 Å². The largest absolute Gasteiger partial charge is 0.399 e. The summed E-state index contributed by atoms with van der Waals surface area (Å²) in [4.78, 5) is 0. The highest BCUT2D eigenvalue weighted by Gasteiger charge is 2.34. The van der Waals surface area contributed by atoms with E-state index < -0.39 is 0 Å².